The van der Waals surface area contributed by atoms with E-state index < -0.39 is 10.0 Å². The van der Waals surface area contributed by atoms with Crippen molar-refractivity contribution in [1.82, 2.24) is 9.29 Å². The van der Waals surface area contributed by atoms with Crippen molar-refractivity contribution in [3.05, 3.63) is 76.5 Å². The number of sulfonamides is 1. The summed E-state index contributed by atoms with van der Waals surface area (Å²) in [5, 5.41) is 3.19. The van der Waals surface area contributed by atoms with Crippen molar-refractivity contribution >= 4 is 32.4 Å². The number of nitrogens with zero attached hydrogens (tertiary/aromatic N) is 2. The zero-order chi connectivity index (χ0) is 21.1. The summed E-state index contributed by atoms with van der Waals surface area (Å²) >= 11 is 1.34. The minimum atomic E-state index is -3.50. The summed E-state index contributed by atoms with van der Waals surface area (Å²) in [5.41, 5.74) is 1.30. The van der Waals surface area contributed by atoms with Gasteiger partial charge in [0, 0.05) is 36.1 Å². The molecule has 156 valence electrons. The third-order valence-electron chi connectivity index (χ3n) is 4.88. The summed E-state index contributed by atoms with van der Waals surface area (Å²) in [6.07, 6.45) is 4.01. The maximum absolute atomic E-state index is 13.0. The van der Waals surface area contributed by atoms with Crippen molar-refractivity contribution in [2.24, 2.45) is 0 Å². The lowest BCUT2D eigenvalue weighted by Crippen LogP contribution is -2.27. The summed E-state index contributed by atoms with van der Waals surface area (Å²) in [6, 6.07) is 12.2. The van der Waals surface area contributed by atoms with Crippen molar-refractivity contribution in [1.29, 1.82) is 0 Å². The topological polar surface area (TPSA) is 79.4 Å². The molecule has 1 saturated heterocycles. The maximum Gasteiger partial charge on any atom is 0.257 e. The SMILES string of the molecule is O=C(Nc1ncc(Cc2ccc(F)cc2)s1)c1ccc(S(=O)(=O)N2CCCC2)cc1. The highest BCUT2D eigenvalue weighted by Gasteiger charge is 2.27. The fraction of sp³-hybridized carbons (Fsp3) is 0.238. The Morgan fingerprint density at radius 1 is 1.07 bits per heavy atom. The first kappa shape index (κ1) is 20.6. The molecule has 2 heterocycles. The summed E-state index contributed by atoms with van der Waals surface area (Å²) in [5.74, 6) is -0.641. The van der Waals surface area contributed by atoms with Gasteiger partial charge in [-0.3, -0.25) is 10.1 Å². The van der Waals surface area contributed by atoms with E-state index in [-0.39, 0.29) is 16.6 Å². The van der Waals surface area contributed by atoms with Gasteiger partial charge in [0.2, 0.25) is 10.0 Å². The van der Waals surface area contributed by atoms with E-state index in [1.165, 1.54) is 52.0 Å². The second kappa shape index (κ2) is 8.63. The van der Waals surface area contributed by atoms with Gasteiger partial charge in [0.15, 0.2) is 5.13 Å². The normalized spacial score (nSPS) is 14.7. The lowest BCUT2D eigenvalue weighted by molar-refractivity contribution is 0.102. The summed E-state index contributed by atoms with van der Waals surface area (Å²) in [6.45, 7) is 1.07. The third-order valence-corrected chi connectivity index (χ3v) is 7.71. The maximum atomic E-state index is 13.0. The lowest BCUT2D eigenvalue weighted by Gasteiger charge is -2.15. The average Bonchev–Trinajstić information content (AvgIpc) is 3.43. The predicted octanol–water partition coefficient (Wildman–Crippen LogP) is 3.91. The van der Waals surface area contributed by atoms with Crippen LogP contribution in [0.1, 0.15) is 33.6 Å². The molecule has 1 amide bonds. The number of nitrogens with one attached hydrogen (secondary N) is 1. The predicted molar refractivity (Wildman–Crippen MR) is 114 cm³/mol. The van der Waals surface area contributed by atoms with Crippen LogP contribution in [0.2, 0.25) is 0 Å². The van der Waals surface area contributed by atoms with Crippen LogP contribution in [0, 0.1) is 5.82 Å². The van der Waals surface area contributed by atoms with Crippen LogP contribution in [0.15, 0.2) is 59.6 Å². The van der Waals surface area contributed by atoms with Gasteiger partial charge < -0.3 is 0 Å². The van der Waals surface area contributed by atoms with Gasteiger partial charge in [-0.25, -0.2) is 17.8 Å². The average molecular weight is 446 g/mol. The van der Waals surface area contributed by atoms with Gasteiger partial charge in [0.25, 0.3) is 5.91 Å². The highest BCUT2D eigenvalue weighted by Crippen LogP contribution is 2.23. The van der Waals surface area contributed by atoms with E-state index in [4.69, 9.17) is 0 Å². The summed E-state index contributed by atoms with van der Waals surface area (Å²) < 4.78 is 39.6. The molecule has 0 spiro atoms. The van der Waals surface area contributed by atoms with Gasteiger partial charge in [0.05, 0.1) is 4.90 Å². The van der Waals surface area contributed by atoms with Crippen LogP contribution >= 0.6 is 11.3 Å². The Hall–Kier alpha value is -2.62. The number of benzene rings is 2. The molecule has 30 heavy (non-hydrogen) atoms. The fourth-order valence-corrected chi connectivity index (χ4v) is 5.63. The Kier molecular flexibility index (Phi) is 5.94. The van der Waals surface area contributed by atoms with Crippen LogP contribution < -0.4 is 5.32 Å². The molecule has 3 aromatic rings. The second-order valence-corrected chi connectivity index (χ2v) is 10.1. The number of carbonyl (C=O) groups excluding carboxylic acids is 1. The van der Waals surface area contributed by atoms with Gasteiger partial charge in [-0.1, -0.05) is 12.1 Å². The highest BCUT2D eigenvalue weighted by molar-refractivity contribution is 7.89. The van der Waals surface area contributed by atoms with E-state index in [1.54, 1.807) is 18.3 Å². The van der Waals surface area contributed by atoms with Gasteiger partial charge >= 0.3 is 0 Å². The number of carbonyl (C=O) groups is 1. The third kappa shape index (κ3) is 4.58. The zero-order valence-corrected chi connectivity index (χ0v) is 17.7. The van der Waals surface area contributed by atoms with Crippen molar-refractivity contribution in [2.75, 3.05) is 18.4 Å². The van der Waals surface area contributed by atoms with Gasteiger partial charge in [-0.05, 0) is 54.8 Å². The zero-order valence-electron chi connectivity index (χ0n) is 16.0. The van der Waals surface area contributed by atoms with Gasteiger partial charge in [0.1, 0.15) is 5.82 Å². The minimum absolute atomic E-state index is 0.191. The molecule has 0 saturated carbocycles. The Labute approximate surface area is 178 Å². The summed E-state index contributed by atoms with van der Waals surface area (Å²) in [7, 11) is -3.50. The van der Waals surface area contributed by atoms with E-state index in [0.717, 1.165) is 23.3 Å². The van der Waals surface area contributed by atoms with Crippen molar-refractivity contribution in [3.8, 4) is 0 Å². The van der Waals surface area contributed by atoms with Crippen LogP contribution in [0.25, 0.3) is 0 Å². The number of thiazole rings is 1. The van der Waals surface area contributed by atoms with E-state index in [1.807, 2.05) is 0 Å². The molecular formula is C21H20FN3O3S2. The van der Waals surface area contributed by atoms with Crippen molar-refractivity contribution in [2.45, 2.75) is 24.2 Å². The number of hydrogen-bond acceptors (Lipinski definition) is 5. The molecule has 0 atom stereocenters. The van der Waals surface area contributed by atoms with Gasteiger partial charge in [-0.15, -0.1) is 11.3 Å². The minimum Gasteiger partial charge on any atom is -0.298 e. The Morgan fingerprint density at radius 3 is 2.40 bits per heavy atom. The first-order chi connectivity index (χ1) is 14.4. The summed E-state index contributed by atoms with van der Waals surface area (Å²) in [4.78, 5) is 17.8. The van der Waals surface area contributed by atoms with Crippen LogP contribution in [0.5, 0.6) is 0 Å². The van der Waals surface area contributed by atoms with Crippen LogP contribution in [-0.2, 0) is 16.4 Å². The van der Waals surface area contributed by atoms with E-state index in [2.05, 4.69) is 10.3 Å². The fourth-order valence-electron chi connectivity index (χ4n) is 3.28. The monoisotopic (exact) mass is 445 g/mol. The smallest absolute Gasteiger partial charge is 0.257 e. The number of hydrogen-bond donors (Lipinski definition) is 1. The lowest BCUT2D eigenvalue weighted by atomic mass is 10.1. The number of aromatic nitrogens is 1. The first-order valence-electron chi connectivity index (χ1n) is 9.52. The number of anilines is 1. The van der Waals surface area contributed by atoms with Crippen molar-refractivity contribution < 1.29 is 17.6 Å². The number of rotatable bonds is 6. The molecule has 0 unspecified atom stereocenters. The molecule has 9 heteroatoms. The van der Waals surface area contributed by atoms with E-state index >= 15 is 0 Å². The second-order valence-electron chi connectivity index (χ2n) is 7.02. The molecule has 1 aliphatic heterocycles. The molecule has 1 aromatic heterocycles. The highest BCUT2D eigenvalue weighted by atomic mass is 32.2. The van der Waals surface area contributed by atoms with Crippen LogP contribution in [0.4, 0.5) is 9.52 Å². The molecule has 2 aromatic carbocycles. The molecular weight excluding hydrogens is 425 g/mol. The largest absolute Gasteiger partial charge is 0.298 e. The quantitative estimate of drug-likeness (QED) is 0.624. The molecule has 0 aliphatic carbocycles. The Balaban J connectivity index is 1.40. The standard InChI is InChI=1S/C21H20FN3O3S2/c22-17-7-3-15(4-8-17)13-18-14-23-21(29-18)24-20(26)16-5-9-19(10-6-16)30(27,28)25-11-1-2-12-25/h3-10,14H,1-2,11-13H2,(H,23,24,26). The molecule has 6 nitrogen and oxygen atoms in total. The van der Waals surface area contributed by atoms with Crippen LogP contribution in [0.3, 0.4) is 0 Å². The number of amides is 1. The molecule has 1 fully saturated rings. The molecule has 4 rings (SSSR count). The van der Waals surface area contributed by atoms with Gasteiger partial charge in [-0.2, -0.15) is 4.31 Å². The molecule has 1 N–H and O–H groups in total. The molecule has 0 radical (unpaired) electrons. The van der Waals surface area contributed by atoms with E-state index in [0.29, 0.717) is 30.2 Å². The Morgan fingerprint density at radius 2 is 1.73 bits per heavy atom. The Bertz CT molecular complexity index is 1140. The number of halogens is 1. The van der Waals surface area contributed by atoms with Crippen molar-refractivity contribution in [3.63, 3.8) is 0 Å². The van der Waals surface area contributed by atoms with E-state index in [9.17, 15) is 17.6 Å². The molecule has 1 aliphatic rings. The first-order valence-corrected chi connectivity index (χ1v) is 11.8. The van der Waals surface area contributed by atoms with Crippen LogP contribution in [-0.4, -0.2) is 36.7 Å². The molecule has 0 bridgehead atoms.